The fourth-order valence-electron chi connectivity index (χ4n) is 3.41. The van der Waals surface area contributed by atoms with E-state index < -0.39 is 0 Å². The second kappa shape index (κ2) is 8.18. The summed E-state index contributed by atoms with van der Waals surface area (Å²) in [7, 11) is 0. The van der Waals surface area contributed by atoms with Gasteiger partial charge in [-0.15, -0.1) is 0 Å². The molecule has 116 valence electrons. The van der Waals surface area contributed by atoms with Gasteiger partial charge in [-0.25, -0.2) is 0 Å². The van der Waals surface area contributed by atoms with Gasteiger partial charge in [-0.05, 0) is 26.7 Å². The minimum atomic E-state index is -0.0804. The molecular weight excluding hydrogens is 260 g/mol. The maximum Gasteiger partial charge on any atom is 0.283 e. The largest absolute Gasteiger partial charge is 0.348 e. The van der Waals surface area contributed by atoms with E-state index >= 15 is 0 Å². The molecule has 1 amide bonds. The first-order chi connectivity index (χ1) is 10.3. The number of amides is 1. The average molecular weight is 289 g/mol. The molecule has 2 N–H and O–H groups in total. The lowest BCUT2D eigenvalue weighted by molar-refractivity contribution is -0.918. The number of carbonyl (C=O) groups excluding carboxylic acids is 1. The van der Waals surface area contributed by atoms with E-state index in [-0.39, 0.29) is 11.9 Å². The molecule has 1 unspecified atom stereocenters. The average Bonchev–Trinajstić information content (AvgIpc) is 2.54. The lowest BCUT2D eigenvalue weighted by Gasteiger charge is -2.29. The van der Waals surface area contributed by atoms with Gasteiger partial charge in [0, 0.05) is 11.6 Å². The Morgan fingerprint density at radius 3 is 2.33 bits per heavy atom. The number of carbonyl (C=O) groups is 1. The molecule has 1 saturated carbocycles. The summed E-state index contributed by atoms with van der Waals surface area (Å²) in [6, 6.07) is 10.5. The van der Waals surface area contributed by atoms with Gasteiger partial charge in [-0.3, -0.25) is 4.79 Å². The Labute approximate surface area is 128 Å². The van der Waals surface area contributed by atoms with Gasteiger partial charge in [-0.2, -0.15) is 0 Å². The van der Waals surface area contributed by atoms with E-state index in [1.807, 2.05) is 18.2 Å². The number of rotatable bonds is 6. The monoisotopic (exact) mass is 289 g/mol. The highest BCUT2D eigenvalue weighted by molar-refractivity contribution is 5.82. The number of benzene rings is 1. The molecule has 1 atom stereocenters. The van der Waals surface area contributed by atoms with Crippen LogP contribution in [-0.4, -0.2) is 25.0 Å². The first-order valence-corrected chi connectivity index (χ1v) is 8.46. The highest BCUT2D eigenvalue weighted by Gasteiger charge is 2.31. The van der Waals surface area contributed by atoms with Crippen LogP contribution < -0.4 is 10.2 Å². The van der Waals surface area contributed by atoms with Crippen molar-refractivity contribution in [3.8, 4) is 0 Å². The molecule has 0 bridgehead atoms. The minimum absolute atomic E-state index is 0.0804. The van der Waals surface area contributed by atoms with E-state index in [9.17, 15) is 4.79 Å². The summed E-state index contributed by atoms with van der Waals surface area (Å²) >= 11 is 0. The summed E-state index contributed by atoms with van der Waals surface area (Å²) in [5.74, 6) is 0.201. The van der Waals surface area contributed by atoms with E-state index in [1.165, 1.54) is 24.2 Å². The Kier molecular flexibility index (Phi) is 6.24. The van der Waals surface area contributed by atoms with Crippen molar-refractivity contribution in [3.05, 3.63) is 35.9 Å². The second-order valence-corrected chi connectivity index (χ2v) is 6.05. The third kappa shape index (κ3) is 4.31. The maximum atomic E-state index is 12.8. The van der Waals surface area contributed by atoms with Gasteiger partial charge in [-0.1, -0.05) is 49.6 Å². The van der Waals surface area contributed by atoms with E-state index in [0.717, 1.165) is 31.5 Å². The Bertz CT molecular complexity index is 422. The molecule has 0 spiro atoms. The number of hydrogen-bond donors (Lipinski definition) is 2. The molecule has 21 heavy (non-hydrogen) atoms. The SMILES string of the molecule is CC[NH+](CC)C(C(=O)NC1CCCCC1)c1ccccc1. The molecule has 1 aromatic rings. The molecule has 0 aliphatic heterocycles. The van der Waals surface area contributed by atoms with Crippen LogP contribution in [0.5, 0.6) is 0 Å². The predicted molar refractivity (Wildman–Crippen MR) is 86.2 cm³/mol. The molecule has 0 aromatic heterocycles. The van der Waals surface area contributed by atoms with Crippen molar-refractivity contribution in [3.63, 3.8) is 0 Å². The van der Waals surface area contributed by atoms with Crippen molar-refractivity contribution in [1.29, 1.82) is 0 Å². The van der Waals surface area contributed by atoms with E-state index in [2.05, 4.69) is 31.3 Å². The summed E-state index contributed by atoms with van der Waals surface area (Å²) in [5, 5.41) is 3.31. The molecule has 0 heterocycles. The highest BCUT2D eigenvalue weighted by atomic mass is 16.2. The van der Waals surface area contributed by atoms with Crippen LogP contribution >= 0.6 is 0 Å². The van der Waals surface area contributed by atoms with Crippen LogP contribution in [0.15, 0.2) is 30.3 Å². The van der Waals surface area contributed by atoms with Crippen molar-refractivity contribution in [2.45, 2.75) is 58.0 Å². The Hall–Kier alpha value is -1.35. The maximum absolute atomic E-state index is 12.8. The Morgan fingerprint density at radius 2 is 1.76 bits per heavy atom. The fraction of sp³-hybridized carbons (Fsp3) is 0.611. The van der Waals surface area contributed by atoms with Crippen LogP contribution in [0.1, 0.15) is 57.6 Å². The molecule has 1 fully saturated rings. The van der Waals surface area contributed by atoms with E-state index in [1.54, 1.807) is 0 Å². The molecule has 1 aromatic carbocycles. The smallest absolute Gasteiger partial charge is 0.283 e. The Balaban J connectivity index is 2.12. The molecule has 0 radical (unpaired) electrons. The molecule has 0 saturated heterocycles. The summed E-state index contributed by atoms with van der Waals surface area (Å²) in [6.45, 7) is 6.24. The van der Waals surface area contributed by atoms with E-state index in [0.29, 0.717) is 6.04 Å². The van der Waals surface area contributed by atoms with Crippen LogP contribution in [0.3, 0.4) is 0 Å². The zero-order valence-corrected chi connectivity index (χ0v) is 13.4. The van der Waals surface area contributed by atoms with Gasteiger partial charge >= 0.3 is 0 Å². The van der Waals surface area contributed by atoms with Crippen molar-refractivity contribution in [2.24, 2.45) is 0 Å². The van der Waals surface area contributed by atoms with Gasteiger partial charge in [0.25, 0.3) is 5.91 Å². The minimum Gasteiger partial charge on any atom is -0.348 e. The zero-order chi connectivity index (χ0) is 15.1. The standard InChI is InChI=1S/C18H28N2O/c1-3-20(4-2)17(15-11-7-5-8-12-15)18(21)19-16-13-9-6-10-14-16/h5,7-8,11-12,16-17H,3-4,6,9-10,13-14H2,1-2H3,(H,19,21)/p+1. The fourth-order valence-corrected chi connectivity index (χ4v) is 3.41. The molecule has 1 aliphatic rings. The molecular formula is C18H29N2O+. The number of hydrogen-bond acceptors (Lipinski definition) is 1. The summed E-state index contributed by atoms with van der Waals surface area (Å²) in [4.78, 5) is 14.2. The van der Waals surface area contributed by atoms with Crippen LogP contribution in [0.2, 0.25) is 0 Å². The van der Waals surface area contributed by atoms with Crippen LogP contribution in [0, 0.1) is 0 Å². The highest BCUT2D eigenvalue weighted by Crippen LogP contribution is 2.18. The number of likely N-dealkylation sites (N-methyl/N-ethyl adjacent to an activating group) is 1. The third-order valence-electron chi connectivity index (χ3n) is 4.66. The molecule has 1 aliphatic carbocycles. The lowest BCUT2D eigenvalue weighted by Crippen LogP contribution is -3.12. The first-order valence-electron chi connectivity index (χ1n) is 8.46. The zero-order valence-electron chi connectivity index (χ0n) is 13.4. The summed E-state index contributed by atoms with van der Waals surface area (Å²) in [5.41, 5.74) is 1.13. The van der Waals surface area contributed by atoms with Crippen molar-refractivity contribution >= 4 is 5.91 Å². The lowest BCUT2D eigenvalue weighted by atomic mass is 9.94. The van der Waals surface area contributed by atoms with Crippen LogP contribution in [0.25, 0.3) is 0 Å². The Morgan fingerprint density at radius 1 is 1.14 bits per heavy atom. The molecule has 3 heteroatoms. The van der Waals surface area contributed by atoms with Gasteiger partial charge in [0.15, 0.2) is 6.04 Å². The summed E-state index contributed by atoms with van der Waals surface area (Å²) < 4.78 is 0. The van der Waals surface area contributed by atoms with Gasteiger partial charge in [0.2, 0.25) is 0 Å². The second-order valence-electron chi connectivity index (χ2n) is 6.05. The quantitative estimate of drug-likeness (QED) is 0.826. The van der Waals surface area contributed by atoms with Gasteiger partial charge < -0.3 is 10.2 Å². The predicted octanol–water partition coefficient (Wildman–Crippen LogP) is 2.10. The van der Waals surface area contributed by atoms with Crippen molar-refractivity contribution in [2.75, 3.05) is 13.1 Å². The summed E-state index contributed by atoms with van der Waals surface area (Å²) in [6.07, 6.45) is 6.09. The van der Waals surface area contributed by atoms with Crippen molar-refractivity contribution < 1.29 is 9.69 Å². The van der Waals surface area contributed by atoms with Gasteiger partial charge in [0.05, 0.1) is 13.1 Å². The van der Waals surface area contributed by atoms with E-state index in [4.69, 9.17) is 0 Å². The van der Waals surface area contributed by atoms with Crippen LogP contribution in [-0.2, 0) is 4.79 Å². The topological polar surface area (TPSA) is 33.5 Å². The van der Waals surface area contributed by atoms with Gasteiger partial charge in [0.1, 0.15) is 0 Å². The van der Waals surface area contributed by atoms with Crippen LogP contribution in [0.4, 0.5) is 0 Å². The first kappa shape index (κ1) is 16.0. The molecule has 2 rings (SSSR count). The van der Waals surface area contributed by atoms with Crippen molar-refractivity contribution in [1.82, 2.24) is 5.32 Å². The molecule has 3 nitrogen and oxygen atoms in total. The third-order valence-corrected chi connectivity index (χ3v) is 4.66. The number of quaternary nitrogens is 1. The number of nitrogens with one attached hydrogen (secondary N) is 2. The normalized spacial score (nSPS) is 17.7.